The molecule has 0 saturated heterocycles. The normalized spacial score (nSPS) is 17.3. The maximum Gasteiger partial charge on any atom is 0.328 e. The van der Waals surface area contributed by atoms with Gasteiger partial charge in [0.1, 0.15) is 11.8 Å². The van der Waals surface area contributed by atoms with E-state index in [-0.39, 0.29) is 5.91 Å². The number of hydrogen-bond acceptors (Lipinski definition) is 4. The number of ether oxygens (including phenoxy) is 2. The number of hydrogen-bond donors (Lipinski definition) is 0. The van der Waals surface area contributed by atoms with Gasteiger partial charge in [0, 0.05) is 0 Å². The highest BCUT2D eigenvalue weighted by atomic mass is 16.5. The quantitative estimate of drug-likeness (QED) is 0.617. The molecule has 5 nitrogen and oxygen atoms in total. The van der Waals surface area contributed by atoms with Crippen LogP contribution >= 0.6 is 0 Å². The Morgan fingerprint density at radius 3 is 2.74 bits per heavy atom. The maximum atomic E-state index is 12.8. The molecular formula is C18H25NO4. The summed E-state index contributed by atoms with van der Waals surface area (Å²) >= 11 is 0. The molecule has 5 heteroatoms. The molecule has 1 amide bonds. The average molecular weight is 319 g/mol. The van der Waals surface area contributed by atoms with Gasteiger partial charge in [0.25, 0.3) is 5.91 Å². The number of carbonyl (C=O) groups excluding carboxylic acids is 2. The number of esters is 1. The molecule has 1 aromatic rings. The molecule has 0 aliphatic carbocycles. The van der Waals surface area contributed by atoms with E-state index in [0.717, 1.165) is 18.4 Å². The molecule has 1 aromatic carbocycles. The van der Waals surface area contributed by atoms with Gasteiger partial charge in [0.2, 0.25) is 0 Å². The number of carbonyl (C=O) groups is 2. The molecule has 1 aliphatic rings. The highest BCUT2D eigenvalue weighted by Crippen LogP contribution is 2.39. The lowest BCUT2D eigenvalue weighted by atomic mass is 10.0. The number of anilines is 1. The van der Waals surface area contributed by atoms with E-state index in [4.69, 9.17) is 9.47 Å². The Balaban J connectivity index is 2.33. The van der Waals surface area contributed by atoms with Crippen molar-refractivity contribution in [3.05, 3.63) is 23.8 Å². The van der Waals surface area contributed by atoms with E-state index in [9.17, 15) is 9.59 Å². The number of benzene rings is 1. The largest absolute Gasteiger partial charge is 0.476 e. The summed E-state index contributed by atoms with van der Waals surface area (Å²) in [4.78, 5) is 26.6. The van der Waals surface area contributed by atoms with Gasteiger partial charge < -0.3 is 9.47 Å². The lowest BCUT2D eigenvalue weighted by Crippen LogP contribution is -2.57. The third-order valence-corrected chi connectivity index (χ3v) is 3.94. The molecule has 0 spiro atoms. The van der Waals surface area contributed by atoms with E-state index < -0.39 is 17.6 Å². The van der Waals surface area contributed by atoms with Crippen molar-refractivity contribution in [3.8, 4) is 5.75 Å². The highest BCUT2D eigenvalue weighted by Gasteiger charge is 2.44. The third kappa shape index (κ3) is 3.49. The second-order valence-electron chi connectivity index (χ2n) is 6.46. The fraction of sp³-hybridized carbons (Fsp3) is 0.556. The van der Waals surface area contributed by atoms with Crippen LogP contribution in [-0.2, 0) is 14.3 Å². The van der Waals surface area contributed by atoms with Crippen LogP contribution in [-0.4, -0.2) is 30.1 Å². The predicted octanol–water partition coefficient (Wildman–Crippen LogP) is 3.23. The van der Waals surface area contributed by atoms with Gasteiger partial charge in [-0.3, -0.25) is 9.69 Å². The number of amides is 1. The summed E-state index contributed by atoms with van der Waals surface area (Å²) in [6, 6.07) is 4.93. The van der Waals surface area contributed by atoms with Gasteiger partial charge in [-0.25, -0.2) is 4.79 Å². The van der Waals surface area contributed by atoms with Crippen LogP contribution in [0.15, 0.2) is 18.2 Å². The van der Waals surface area contributed by atoms with Crippen LogP contribution in [0.5, 0.6) is 5.75 Å². The van der Waals surface area contributed by atoms with Crippen molar-refractivity contribution in [1.82, 2.24) is 0 Å². The minimum absolute atomic E-state index is 0.240. The van der Waals surface area contributed by atoms with E-state index in [1.165, 1.54) is 4.90 Å². The van der Waals surface area contributed by atoms with Crippen molar-refractivity contribution in [3.63, 3.8) is 0 Å². The average Bonchev–Trinajstić information content (AvgIpc) is 2.48. The number of rotatable bonds is 5. The van der Waals surface area contributed by atoms with Crippen LogP contribution in [0.1, 0.15) is 46.1 Å². The van der Waals surface area contributed by atoms with Crippen LogP contribution in [0.3, 0.4) is 0 Å². The van der Waals surface area contributed by atoms with E-state index in [2.05, 4.69) is 0 Å². The van der Waals surface area contributed by atoms with Crippen LogP contribution < -0.4 is 9.64 Å². The molecular weight excluding hydrogens is 294 g/mol. The second-order valence-corrected chi connectivity index (χ2v) is 6.46. The smallest absolute Gasteiger partial charge is 0.328 e. The molecule has 1 aliphatic heterocycles. The Labute approximate surface area is 137 Å². The first kappa shape index (κ1) is 17.3. The molecule has 0 fully saturated rings. The molecule has 1 unspecified atom stereocenters. The molecule has 23 heavy (non-hydrogen) atoms. The van der Waals surface area contributed by atoms with E-state index in [1.54, 1.807) is 20.8 Å². The van der Waals surface area contributed by atoms with Crippen molar-refractivity contribution in [1.29, 1.82) is 0 Å². The molecule has 0 saturated carbocycles. The minimum atomic E-state index is -1.01. The SMILES string of the molecule is CCCCOC(=O)C(C)N1C(=O)C(C)(C)Oc2ccc(C)cc21. The van der Waals surface area contributed by atoms with Crippen molar-refractivity contribution in [2.75, 3.05) is 11.5 Å². The summed E-state index contributed by atoms with van der Waals surface area (Å²) in [5, 5.41) is 0. The first-order chi connectivity index (χ1) is 10.8. The van der Waals surface area contributed by atoms with Gasteiger partial charge in [-0.1, -0.05) is 19.4 Å². The minimum Gasteiger partial charge on any atom is -0.476 e. The standard InChI is InChI=1S/C18H25NO4/c1-6-7-10-22-16(20)13(3)19-14-11-12(2)8-9-15(14)23-18(4,5)17(19)21/h8-9,11,13H,6-7,10H2,1-5H3. The number of nitrogens with zero attached hydrogens (tertiary/aromatic N) is 1. The van der Waals surface area contributed by atoms with Crippen LogP contribution in [0, 0.1) is 6.92 Å². The first-order valence-corrected chi connectivity index (χ1v) is 8.08. The summed E-state index contributed by atoms with van der Waals surface area (Å²) in [6.07, 6.45) is 1.77. The van der Waals surface area contributed by atoms with E-state index >= 15 is 0 Å². The maximum absolute atomic E-state index is 12.8. The van der Waals surface area contributed by atoms with Crippen molar-refractivity contribution in [2.45, 2.75) is 59.1 Å². The summed E-state index contributed by atoms with van der Waals surface area (Å²) < 4.78 is 11.1. The zero-order valence-corrected chi connectivity index (χ0v) is 14.5. The fourth-order valence-electron chi connectivity index (χ4n) is 2.55. The Hall–Kier alpha value is -2.04. The third-order valence-electron chi connectivity index (χ3n) is 3.94. The lowest BCUT2D eigenvalue weighted by molar-refractivity contribution is -0.147. The van der Waals surface area contributed by atoms with Gasteiger partial charge in [-0.15, -0.1) is 0 Å². The van der Waals surface area contributed by atoms with Crippen molar-refractivity contribution < 1.29 is 19.1 Å². The lowest BCUT2D eigenvalue weighted by Gasteiger charge is -2.40. The summed E-state index contributed by atoms with van der Waals surface area (Å²) in [5.74, 6) is -0.0269. The zero-order valence-electron chi connectivity index (χ0n) is 14.5. The topological polar surface area (TPSA) is 55.8 Å². The molecule has 0 N–H and O–H groups in total. The van der Waals surface area contributed by atoms with Gasteiger partial charge in [-0.2, -0.15) is 0 Å². The van der Waals surface area contributed by atoms with Gasteiger partial charge in [-0.05, 0) is 51.8 Å². The number of unbranched alkanes of at least 4 members (excludes halogenated alkanes) is 1. The zero-order chi connectivity index (χ0) is 17.2. The molecule has 1 atom stereocenters. The number of fused-ring (bicyclic) bond motifs is 1. The predicted molar refractivity (Wildman–Crippen MR) is 88.7 cm³/mol. The van der Waals surface area contributed by atoms with E-state index in [1.807, 2.05) is 32.0 Å². The highest BCUT2D eigenvalue weighted by molar-refractivity contribution is 6.06. The van der Waals surface area contributed by atoms with Gasteiger partial charge >= 0.3 is 5.97 Å². The Bertz CT molecular complexity index is 609. The second kappa shape index (κ2) is 6.60. The van der Waals surface area contributed by atoms with Crippen molar-refractivity contribution in [2.24, 2.45) is 0 Å². The van der Waals surface area contributed by atoms with Gasteiger partial charge in [0.15, 0.2) is 5.60 Å². The summed E-state index contributed by atoms with van der Waals surface area (Å²) in [7, 11) is 0. The summed E-state index contributed by atoms with van der Waals surface area (Å²) in [5.41, 5.74) is 0.603. The first-order valence-electron chi connectivity index (χ1n) is 8.08. The molecule has 2 rings (SSSR count). The van der Waals surface area contributed by atoms with Crippen molar-refractivity contribution >= 4 is 17.6 Å². The fourth-order valence-corrected chi connectivity index (χ4v) is 2.55. The Morgan fingerprint density at radius 2 is 2.09 bits per heavy atom. The summed E-state index contributed by atoms with van der Waals surface area (Å²) in [6.45, 7) is 9.46. The molecule has 0 bridgehead atoms. The Morgan fingerprint density at radius 1 is 1.39 bits per heavy atom. The molecule has 0 aromatic heterocycles. The van der Waals surface area contributed by atoms with Gasteiger partial charge in [0.05, 0.1) is 12.3 Å². The Kier molecular flexibility index (Phi) is 4.97. The molecule has 1 heterocycles. The molecule has 126 valence electrons. The van der Waals surface area contributed by atoms with E-state index in [0.29, 0.717) is 18.0 Å². The molecule has 0 radical (unpaired) electrons. The monoisotopic (exact) mass is 319 g/mol. The number of aryl methyl sites for hydroxylation is 1. The van der Waals surface area contributed by atoms with Crippen LogP contribution in [0.2, 0.25) is 0 Å². The van der Waals surface area contributed by atoms with Crippen LogP contribution in [0.25, 0.3) is 0 Å². The van der Waals surface area contributed by atoms with Crippen LogP contribution in [0.4, 0.5) is 5.69 Å².